The summed E-state index contributed by atoms with van der Waals surface area (Å²) in [5.74, 6) is 0.562. The molecule has 2 N–H and O–H groups in total. The molecule has 0 spiro atoms. The van der Waals surface area contributed by atoms with Crippen LogP contribution in [0.2, 0.25) is 0 Å². The molecule has 2 unspecified atom stereocenters. The van der Waals surface area contributed by atoms with Crippen LogP contribution in [-0.4, -0.2) is 51.4 Å². The van der Waals surface area contributed by atoms with Crippen molar-refractivity contribution in [3.8, 4) is 0 Å². The molecule has 1 saturated carbocycles. The van der Waals surface area contributed by atoms with Gasteiger partial charge in [-0.1, -0.05) is 6.42 Å². The summed E-state index contributed by atoms with van der Waals surface area (Å²) in [6.45, 7) is 0.915. The molecule has 0 bridgehead atoms. The minimum absolute atomic E-state index is 0.0249. The minimum Gasteiger partial charge on any atom is -0.345 e. The minimum atomic E-state index is -3.01. The van der Waals surface area contributed by atoms with Crippen LogP contribution in [0.25, 0.3) is 0 Å². The predicted molar refractivity (Wildman–Crippen MR) is 71.9 cm³/mol. The molecule has 106 valence electrons. The summed E-state index contributed by atoms with van der Waals surface area (Å²) in [4.78, 5) is 13.7. The fourth-order valence-corrected chi connectivity index (χ4v) is 3.06. The van der Waals surface area contributed by atoms with E-state index in [0.717, 1.165) is 25.7 Å². The molecule has 0 radical (unpaired) electrons. The molecule has 1 rings (SSSR count). The van der Waals surface area contributed by atoms with Crippen LogP contribution < -0.4 is 5.73 Å². The van der Waals surface area contributed by atoms with Crippen molar-refractivity contribution >= 4 is 15.7 Å². The number of amides is 1. The molecule has 6 heteroatoms. The van der Waals surface area contributed by atoms with E-state index in [1.54, 1.807) is 11.9 Å². The van der Waals surface area contributed by atoms with Gasteiger partial charge in [-0.15, -0.1) is 0 Å². The van der Waals surface area contributed by atoms with Gasteiger partial charge in [0.15, 0.2) is 0 Å². The van der Waals surface area contributed by atoms with Gasteiger partial charge in [0.05, 0.1) is 5.75 Å². The second-order valence-electron chi connectivity index (χ2n) is 5.35. The van der Waals surface area contributed by atoms with E-state index in [0.29, 0.717) is 12.5 Å². The van der Waals surface area contributed by atoms with Crippen molar-refractivity contribution < 1.29 is 13.2 Å². The lowest BCUT2D eigenvalue weighted by atomic mass is 9.81. The molecule has 1 aliphatic rings. The molecular formula is C12H24N2O3S. The van der Waals surface area contributed by atoms with Gasteiger partial charge in [-0.2, -0.15) is 0 Å². The summed E-state index contributed by atoms with van der Waals surface area (Å²) >= 11 is 0. The van der Waals surface area contributed by atoms with Crippen molar-refractivity contribution in [2.45, 2.75) is 25.7 Å². The maximum absolute atomic E-state index is 12.2. The van der Waals surface area contributed by atoms with Crippen LogP contribution in [0.1, 0.15) is 25.7 Å². The number of carbonyl (C=O) groups excluding carboxylic acids is 1. The molecule has 5 nitrogen and oxygen atoms in total. The lowest BCUT2D eigenvalue weighted by Gasteiger charge is -2.30. The van der Waals surface area contributed by atoms with E-state index >= 15 is 0 Å². The monoisotopic (exact) mass is 276 g/mol. The van der Waals surface area contributed by atoms with E-state index in [1.165, 1.54) is 6.26 Å². The number of sulfone groups is 1. The number of carbonyl (C=O) groups is 1. The highest BCUT2D eigenvalue weighted by Crippen LogP contribution is 2.29. The molecule has 0 heterocycles. The predicted octanol–water partition coefficient (Wildman–Crippen LogP) is 0.255. The first-order valence-corrected chi connectivity index (χ1v) is 8.52. The van der Waals surface area contributed by atoms with E-state index in [2.05, 4.69) is 0 Å². The number of rotatable bonds is 5. The van der Waals surface area contributed by atoms with Crippen LogP contribution in [0.4, 0.5) is 0 Å². The SMILES string of the molecule is CN(CCS(C)(=O)=O)C(=O)C1CCCC(CN)C1. The molecule has 1 amide bonds. The third-order valence-electron chi connectivity index (χ3n) is 3.64. The van der Waals surface area contributed by atoms with Crippen LogP contribution in [-0.2, 0) is 14.6 Å². The average molecular weight is 276 g/mol. The largest absolute Gasteiger partial charge is 0.345 e. The molecular weight excluding hydrogens is 252 g/mol. The zero-order valence-corrected chi connectivity index (χ0v) is 12.1. The Labute approximate surface area is 110 Å². The van der Waals surface area contributed by atoms with Crippen molar-refractivity contribution in [1.29, 1.82) is 0 Å². The molecule has 0 aromatic heterocycles. The van der Waals surface area contributed by atoms with Crippen molar-refractivity contribution in [3.63, 3.8) is 0 Å². The van der Waals surface area contributed by atoms with E-state index in [-0.39, 0.29) is 24.1 Å². The zero-order chi connectivity index (χ0) is 13.8. The Bertz CT molecular complexity index is 381. The Kier molecular flexibility index (Phi) is 5.59. The van der Waals surface area contributed by atoms with Gasteiger partial charge in [-0.25, -0.2) is 8.42 Å². The smallest absolute Gasteiger partial charge is 0.225 e. The number of nitrogens with two attached hydrogens (primary N) is 1. The first kappa shape index (κ1) is 15.4. The van der Waals surface area contributed by atoms with Crippen molar-refractivity contribution in [2.75, 3.05) is 32.1 Å². The van der Waals surface area contributed by atoms with Crippen LogP contribution >= 0.6 is 0 Å². The van der Waals surface area contributed by atoms with Gasteiger partial charge >= 0.3 is 0 Å². The Morgan fingerprint density at radius 1 is 1.39 bits per heavy atom. The maximum Gasteiger partial charge on any atom is 0.225 e. The Morgan fingerprint density at radius 3 is 2.61 bits per heavy atom. The number of nitrogens with zero attached hydrogens (tertiary/aromatic N) is 1. The molecule has 0 aromatic carbocycles. The standard InChI is InChI=1S/C12H24N2O3S/c1-14(6-7-18(2,16)17)12(15)11-5-3-4-10(8-11)9-13/h10-11H,3-9,13H2,1-2H3. The topological polar surface area (TPSA) is 80.5 Å². The van der Waals surface area contributed by atoms with Crippen LogP contribution in [0.3, 0.4) is 0 Å². The third kappa shape index (κ3) is 4.94. The van der Waals surface area contributed by atoms with Gasteiger partial charge in [-0.05, 0) is 31.7 Å². The quantitative estimate of drug-likeness (QED) is 0.781. The number of hydrogen-bond donors (Lipinski definition) is 1. The Morgan fingerprint density at radius 2 is 2.06 bits per heavy atom. The highest BCUT2D eigenvalue weighted by molar-refractivity contribution is 7.90. The third-order valence-corrected chi connectivity index (χ3v) is 4.56. The van der Waals surface area contributed by atoms with Gasteiger partial charge < -0.3 is 10.6 Å². The lowest BCUT2D eigenvalue weighted by molar-refractivity contribution is -0.135. The average Bonchev–Trinajstić information content (AvgIpc) is 2.34. The van der Waals surface area contributed by atoms with Gasteiger partial charge in [0, 0.05) is 25.8 Å². The summed E-state index contributed by atoms with van der Waals surface area (Å²) in [7, 11) is -1.33. The van der Waals surface area contributed by atoms with E-state index in [1.807, 2.05) is 0 Å². The van der Waals surface area contributed by atoms with Crippen molar-refractivity contribution in [1.82, 2.24) is 4.90 Å². The molecule has 0 saturated heterocycles. The maximum atomic E-state index is 12.2. The fourth-order valence-electron chi connectivity index (χ4n) is 2.45. The van der Waals surface area contributed by atoms with E-state index < -0.39 is 9.84 Å². The second kappa shape index (κ2) is 6.52. The summed E-state index contributed by atoms with van der Waals surface area (Å²) in [5, 5.41) is 0. The first-order valence-electron chi connectivity index (χ1n) is 6.46. The highest BCUT2D eigenvalue weighted by atomic mass is 32.2. The summed E-state index contributed by atoms with van der Waals surface area (Å²) in [6, 6.07) is 0. The van der Waals surface area contributed by atoms with Crippen LogP contribution in [0.5, 0.6) is 0 Å². The molecule has 1 aliphatic carbocycles. The van der Waals surface area contributed by atoms with E-state index in [4.69, 9.17) is 5.73 Å². The molecule has 1 fully saturated rings. The van der Waals surface area contributed by atoms with Gasteiger partial charge in [-0.3, -0.25) is 4.79 Å². The summed E-state index contributed by atoms with van der Waals surface area (Å²) in [6.07, 6.45) is 5.08. The van der Waals surface area contributed by atoms with E-state index in [9.17, 15) is 13.2 Å². The summed E-state index contributed by atoms with van der Waals surface area (Å²) in [5.41, 5.74) is 5.65. The Hall–Kier alpha value is -0.620. The van der Waals surface area contributed by atoms with Crippen molar-refractivity contribution in [3.05, 3.63) is 0 Å². The number of hydrogen-bond acceptors (Lipinski definition) is 4. The van der Waals surface area contributed by atoms with Gasteiger partial charge in [0.1, 0.15) is 9.84 Å². The summed E-state index contributed by atoms with van der Waals surface area (Å²) < 4.78 is 22.2. The molecule has 0 aromatic rings. The van der Waals surface area contributed by atoms with Gasteiger partial charge in [0.2, 0.25) is 5.91 Å². The lowest BCUT2D eigenvalue weighted by Crippen LogP contribution is -2.38. The normalized spacial score (nSPS) is 24.8. The van der Waals surface area contributed by atoms with Crippen LogP contribution in [0.15, 0.2) is 0 Å². The molecule has 2 atom stereocenters. The Balaban J connectivity index is 2.47. The highest BCUT2D eigenvalue weighted by Gasteiger charge is 2.28. The zero-order valence-electron chi connectivity index (χ0n) is 11.3. The molecule has 0 aliphatic heterocycles. The first-order chi connectivity index (χ1) is 8.33. The van der Waals surface area contributed by atoms with Crippen LogP contribution in [0, 0.1) is 11.8 Å². The molecule has 18 heavy (non-hydrogen) atoms. The second-order valence-corrected chi connectivity index (χ2v) is 7.61. The fraction of sp³-hybridized carbons (Fsp3) is 0.917. The van der Waals surface area contributed by atoms with Gasteiger partial charge in [0.25, 0.3) is 0 Å². The van der Waals surface area contributed by atoms with Crippen molar-refractivity contribution in [2.24, 2.45) is 17.6 Å².